The summed E-state index contributed by atoms with van der Waals surface area (Å²) in [7, 11) is 5.85. The summed E-state index contributed by atoms with van der Waals surface area (Å²) in [6.45, 7) is 3.01. The van der Waals surface area contributed by atoms with E-state index in [1.54, 1.807) is 7.11 Å². The van der Waals surface area contributed by atoms with Crippen LogP contribution in [0.2, 0.25) is 0 Å². The zero-order valence-electron chi connectivity index (χ0n) is 16.9. The smallest absolute Gasteiger partial charge is 0.119 e. The number of rotatable bonds is 6. The lowest BCUT2D eigenvalue weighted by atomic mass is 9.80. The van der Waals surface area contributed by atoms with E-state index in [1.807, 2.05) is 18.2 Å². The van der Waals surface area contributed by atoms with Gasteiger partial charge in [0, 0.05) is 18.9 Å². The Kier molecular flexibility index (Phi) is 6.03. The fraction of sp³-hybridized carbons (Fsp3) is 0.417. The first-order valence-corrected chi connectivity index (χ1v) is 9.69. The van der Waals surface area contributed by atoms with E-state index in [0.29, 0.717) is 6.42 Å². The molecule has 2 unspecified atom stereocenters. The Morgan fingerprint density at radius 3 is 2.67 bits per heavy atom. The highest BCUT2D eigenvalue weighted by Crippen LogP contribution is 2.44. The topological polar surface area (TPSA) is 32.7 Å². The number of nitrogens with zero attached hydrogens (tertiary/aromatic N) is 1. The zero-order chi connectivity index (χ0) is 19.4. The fourth-order valence-corrected chi connectivity index (χ4v) is 4.22. The Morgan fingerprint density at radius 1 is 1.19 bits per heavy atom. The standard InChI is InChI=1S/C24H31NO2/c1-18-8-5-6-10-20(18)16-24(26)21(12-13-22(24)17-25(2)3)14-19-9-7-11-23(15-19)27-4/h5-11,14-15,22,26H,12-13,16-17H2,1-4H3. The molecule has 0 heterocycles. The van der Waals surface area contributed by atoms with Gasteiger partial charge in [0.25, 0.3) is 0 Å². The molecule has 0 aromatic heterocycles. The fourth-order valence-electron chi connectivity index (χ4n) is 4.22. The lowest BCUT2D eigenvalue weighted by molar-refractivity contribution is 0.0256. The van der Waals surface area contributed by atoms with Crippen molar-refractivity contribution < 1.29 is 9.84 Å². The minimum absolute atomic E-state index is 0.226. The van der Waals surface area contributed by atoms with Crippen LogP contribution in [-0.2, 0) is 6.42 Å². The number of aliphatic hydroxyl groups is 1. The summed E-state index contributed by atoms with van der Waals surface area (Å²) in [6.07, 6.45) is 4.76. The number of hydrogen-bond donors (Lipinski definition) is 1. The van der Waals surface area contributed by atoms with Gasteiger partial charge in [-0.15, -0.1) is 0 Å². The SMILES string of the molecule is COc1cccc(C=C2CCC(CN(C)C)C2(O)Cc2ccccc2C)c1. The van der Waals surface area contributed by atoms with Gasteiger partial charge in [-0.3, -0.25) is 0 Å². The second kappa shape index (κ2) is 8.28. The van der Waals surface area contributed by atoms with E-state index >= 15 is 0 Å². The van der Waals surface area contributed by atoms with E-state index in [2.05, 4.69) is 62.3 Å². The summed E-state index contributed by atoms with van der Waals surface area (Å²) >= 11 is 0. The lowest BCUT2D eigenvalue weighted by Gasteiger charge is -2.34. The summed E-state index contributed by atoms with van der Waals surface area (Å²) < 4.78 is 5.36. The van der Waals surface area contributed by atoms with Gasteiger partial charge in [-0.05, 0) is 68.3 Å². The van der Waals surface area contributed by atoms with Crippen LogP contribution in [0.15, 0.2) is 54.1 Å². The first-order chi connectivity index (χ1) is 12.9. The number of benzene rings is 2. The molecule has 1 fully saturated rings. The molecular weight excluding hydrogens is 334 g/mol. The van der Waals surface area contributed by atoms with Crippen molar-refractivity contribution in [1.82, 2.24) is 4.90 Å². The van der Waals surface area contributed by atoms with E-state index in [0.717, 1.165) is 36.3 Å². The Bertz CT molecular complexity index is 812. The number of methoxy groups -OCH3 is 1. The highest BCUT2D eigenvalue weighted by Gasteiger charge is 2.45. The molecule has 3 nitrogen and oxygen atoms in total. The summed E-state index contributed by atoms with van der Waals surface area (Å²) in [4.78, 5) is 2.18. The highest BCUT2D eigenvalue weighted by molar-refractivity contribution is 5.58. The quantitative estimate of drug-likeness (QED) is 0.827. The first kappa shape index (κ1) is 19.7. The average molecular weight is 366 g/mol. The van der Waals surface area contributed by atoms with Crippen LogP contribution in [0.5, 0.6) is 5.75 Å². The van der Waals surface area contributed by atoms with Gasteiger partial charge in [-0.1, -0.05) is 42.5 Å². The molecule has 0 saturated heterocycles. The monoisotopic (exact) mass is 365 g/mol. The van der Waals surface area contributed by atoms with Crippen LogP contribution in [-0.4, -0.2) is 43.4 Å². The van der Waals surface area contributed by atoms with Gasteiger partial charge < -0.3 is 14.7 Å². The predicted octanol–water partition coefficient (Wildman–Crippen LogP) is 4.33. The Labute approximate surface area is 163 Å². The molecule has 0 spiro atoms. The summed E-state index contributed by atoms with van der Waals surface area (Å²) in [5, 5.41) is 11.9. The first-order valence-electron chi connectivity index (χ1n) is 9.69. The second-order valence-corrected chi connectivity index (χ2v) is 7.97. The third-order valence-electron chi connectivity index (χ3n) is 5.74. The molecule has 1 saturated carbocycles. The molecule has 0 aliphatic heterocycles. The van der Waals surface area contributed by atoms with Gasteiger partial charge in [0.2, 0.25) is 0 Å². The van der Waals surface area contributed by atoms with Gasteiger partial charge in [0.1, 0.15) is 5.75 Å². The molecule has 0 amide bonds. The molecule has 0 bridgehead atoms. The Balaban J connectivity index is 1.98. The van der Waals surface area contributed by atoms with Crippen molar-refractivity contribution in [2.75, 3.05) is 27.7 Å². The summed E-state index contributed by atoms with van der Waals surface area (Å²) in [5.41, 5.74) is 3.85. The third-order valence-corrected chi connectivity index (χ3v) is 5.74. The number of ether oxygens (including phenoxy) is 1. The largest absolute Gasteiger partial charge is 0.497 e. The van der Waals surface area contributed by atoms with Crippen molar-refractivity contribution in [3.05, 3.63) is 70.8 Å². The van der Waals surface area contributed by atoms with Crippen LogP contribution in [0.25, 0.3) is 6.08 Å². The molecule has 3 rings (SSSR count). The van der Waals surface area contributed by atoms with Gasteiger partial charge in [0.05, 0.1) is 12.7 Å². The minimum Gasteiger partial charge on any atom is -0.497 e. The maximum absolute atomic E-state index is 11.9. The minimum atomic E-state index is -0.820. The molecule has 0 radical (unpaired) electrons. The van der Waals surface area contributed by atoms with Gasteiger partial charge >= 0.3 is 0 Å². The molecule has 27 heavy (non-hydrogen) atoms. The third kappa shape index (κ3) is 4.42. The van der Waals surface area contributed by atoms with Crippen LogP contribution in [0.1, 0.15) is 29.5 Å². The van der Waals surface area contributed by atoms with Crippen LogP contribution in [0.3, 0.4) is 0 Å². The van der Waals surface area contributed by atoms with E-state index < -0.39 is 5.60 Å². The molecule has 3 heteroatoms. The van der Waals surface area contributed by atoms with Crippen molar-refractivity contribution in [3.63, 3.8) is 0 Å². The van der Waals surface area contributed by atoms with E-state index in [1.165, 1.54) is 11.1 Å². The molecule has 1 N–H and O–H groups in total. The second-order valence-electron chi connectivity index (χ2n) is 7.97. The molecule has 1 aliphatic rings. The Morgan fingerprint density at radius 2 is 1.96 bits per heavy atom. The van der Waals surface area contributed by atoms with Crippen LogP contribution in [0, 0.1) is 12.8 Å². The number of hydrogen-bond acceptors (Lipinski definition) is 3. The van der Waals surface area contributed by atoms with Crippen LogP contribution >= 0.6 is 0 Å². The molecule has 2 aromatic carbocycles. The normalized spacial score (nSPS) is 23.9. The Hall–Kier alpha value is -2.10. The van der Waals surface area contributed by atoms with Crippen molar-refractivity contribution in [2.24, 2.45) is 5.92 Å². The van der Waals surface area contributed by atoms with Crippen molar-refractivity contribution >= 4 is 6.08 Å². The molecule has 2 aromatic rings. The summed E-state index contributed by atoms with van der Waals surface area (Å²) in [5.74, 6) is 1.07. The van der Waals surface area contributed by atoms with Crippen LogP contribution < -0.4 is 4.74 Å². The van der Waals surface area contributed by atoms with Gasteiger partial charge in [-0.25, -0.2) is 0 Å². The molecule has 2 atom stereocenters. The van der Waals surface area contributed by atoms with Gasteiger partial charge in [0.15, 0.2) is 0 Å². The van der Waals surface area contributed by atoms with E-state index in [-0.39, 0.29) is 5.92 Å². The van der Waals surface area contributed by atoms with Gasteiger partial charge in [-0.2, -0.15) is 0 Å². The highest BCUT2D eigenvalue weighted by atomic mass is 16.5. The van der Waals surface area contributed by atoms with E-state index in [4.69, 9.17) is 4.74 Å². The van der Waals surface area contributed by atoms with Crippen LogP contribution in [0.4, 0.5) is 0 Å². The zero-order valence-corrected chi connectivity index (χ0v) is 16.9. The van der Waals surface area contributed by atoms with Crippen molar-refractivity contribution in [2.45, 2.75) is 31.8 Å². The molecule has 144 valence electrons. The van der Waals surface area contributed by atoms with Crippen molar-refractivity contribution in [3.8, 4) is 5.75 Å². The lowest BCUT2D eigenvalue weighted by Crippen LogP contribution is -2.42. The maximum Gasteiger partial charge on any atom is 0.119 e. The van der Waals surface area contributed by atoms with Crippen molar-refractivity contribution in [1.29, 1.82) is 0 Å². The van der Waals surface area contributed by atoms with E-state index in [9.17, 15) is 5.11 Å². The maximum atomic E-state index is 11.9. The number of aryl methyl sites for hydroxylation is 1. The molecular formula is C24H31NO2. The summed E-state index contributed by atoms with van der Waals surface area (Å²) in [6, 6.07) is 16.4. The molecule has 1 aliphatic carbocycles. The average Bonchev–Trinajstić information content (AvgIpc) is 2.93. The predicted molar refractivity (Wildman–Crippen MR) is 112 cm³/mol.